The Morgan fingerprint density at radius 1 is 1.23 bits per heavy atom. The number of halogens is 2. The molecule has 1 atom stereocenters. The molecule has 1 aromatic carbocycles. The Bertz CT molecular complexity index is 811. The second-order valence-corrected chi connectivity index (χ2v) is 7.39. The minimum absolute atomic E-state index is 0.0994. The van der Waals surface area contributed by atoms with Crippen LogP contribution in [0.15, 0.2) is 29.2 Å². The number of likely N-dealkylation sites (tertiary alicyclic amines) is 1. The van der Waals surface area contributed by atoms with E-state index in [0.29, 0.717) is 18.9 Å². The minimum Gasteiger partial charge on any atom is -0.363 e. The van der Waals surface area contributed by atoms with E-state index >= 15 is 0 Å². The summed E-state index contributed by atoms with van der Waals surface area (Å²) in [6.07, 6.45) is 5.12. The molecular formula is C21H26F2N2O. The highest BCUT2D eigenvalue weighted by molar-refractivity contribution is 5.23. The maximum Gasteiger partial charge on any atom is 0.187 e. The van der Waals surface area contributed by atoms with Crippen molar-refractivity contribution in [2.45, 2.75) is 46.1 Å². The van der Waals surface area contributed by atoms with Gasteiger partial charge in [0.15, 0.2) is 5.43 Å². The summed E-state index contributed by atoms with van der Waals surface area (Å²) in [6.45, 7) is 6.27. The van der Waals surface area contributed by atoms with Gasteiger partial charge >= 0.3 is 0 Å². The third-order valence-corrected chi connectivity index (χ3v) is 5.46. The monoisotopic (exact) mass is 360 g/mol. The summed E-state index contributed by atoms with van der Waals surface area (Å²) in [4.78, 5) is 17.7. The fraction of sp³-hybridized carbons (Fsp3) is 0.476. The Labute approximate surface area is 153 Å². The topological polar surface area (TPSA) is 36.1 Å². The standard InChI is InChI=1S/C21H26F2N2O/c1-14-11-24-20(15(2)21(14)26)13-25-10-4-5-16(12-25)8-9-17-18(22)6-3-7-19(17)23/h3,6-7,11,16H,4-5,8-10,12-13H2,1-2H3,(H,24,26)/t16-/m1/s1. The largest absolute Gasteiger partial charge is 0.363 e. The summed E-state index contributed by atoms with van der Waals surface area (Å²) in [5, 5.41) is 0. The quantitative estimate of drug-likeness (QED) is 0.871. The van der Waals surface area contributed by atoms with Crippen molar-refractivity contribution in [3.8, 4) is 0 Å². The highest BCUT2D eigenvalue weighted by Crippen LogP contribution is 2.24. The number of benzene rings is 1. The van der Waals surface area contributed by atoms with Gasteiger partial charge in [-0.05, 0) is 64.1 Å². The van der Waals surface area contributed by atoms with Crippen LogP contribution in [0.1, 0.15) is 41.6 Å². The van der Waals surface area contributed by atoms with Gasteiger partial charge in [0, 0.05) is 41.7 Å². The number of hydrogen-bond donors (Lipinski definition) is 1. The van der Waals surface area contributed by atoms with Crippen molar-refractivity contribution in [1.82, 2.24) is 9.88 Å². The van der Waals surface area contributed by atoms with Gasteiger partial charge in [-0.2, -0.15) is 0 Å². The Morgan fingerprint density at radius 3 is 2.69 bits per heavy atom. The molecule has 0 bridgehead atoms. The predicted molar refractivity (Wildman–Crippen MR) is 99.2 cm³/mol. The molecule has 0 amide bonds. The molecule has 1 aliphatic heterocycles. The first-order valence-corrected chi connectivity index (χ1v) is 9.28. The van der Waals surface area contributed by atoms with Crippen LogP contribution in [-0.2, 0) is 13.0 Å². The molecule has 1 aromatic heterocycles. The van der Waals surface area contributed by atoms with E-state index in [1.165, 1.54) is 18.2 Å². The van der Waals surface area contributed by atoms with Gasteiger partial charge in [-0.15, -0.1) is 0 Å². The molecular weight excluding hydrogens is 334 g/mol. The molecule has 1 N–H and O–H groups in total. The Kier molecular flexibility index (Phi) is 5.87. The van der Waals surface area contributed by atoms with Gasteiger partial charge in [-0.3, -0.25) is 9.69 Å². The van der Waals surface area contributed by atoms with Crippen LogP contribution < -0.4 is 5.43 Å². The van der Waals surface area contributed by atoms with Crippen molar-refractivity contribution in [2.24, 2.45) is 5.92 Å². The molecule has 0 unspecified atom stereocenters. The number of aromatic amines is 1. The maximum atomic E-state index is 13.8. The average molecular weight is 360 g/mol. The average Bonchev–Trinajstić information content (AvgIpc) is 2.62. The minimum atomic E-state index is -0.453. The number of rotatable bonds is 5. The van der Waals surface area contributed by atoms with E-state index in [2.05, 4.69) is 9.88 Å². The van der Waals surface area contributed by atoms with Crippen LogP contribution in [-0.4, -0.2) is 23.0 Å². The van der Waals surface area contributed by atoms with E-state index in [1.807, 2.05) is 13.8 Å². The van der Waals surface area contributed by atoms with Crippen molar-refractivity contribution in [3.63, 3.8) is 0 Å². The summed E-state index contributed by atoms with van der Waals surface area (Å²) in [5.74, 6) is -0.490. The van der Waals surface area contributed by atoms with Crippen molar-refractivity contribution >= 4 is 0 Å². The highest BCUT2D eigenvalue weighted by atomic mass is 19.1. The number of piperidine rings is 1. The first kappa shape index (κ1) is 18.8. The molecule has 1 aliphatic rings. The molecule has 1 saturated heterocycles. The molecule has 140 valence electrons. The molecule has 5 heteroatoms. The molecule has 3 nitrogen and oxygen atoms in total. The van der Waals surface area contributed by atoms with E-state index in [4.69, 9.17) is 0 Å². The SMILES string of the molecule is Cc1c[nH]c(CN2CCC[C@H](CCc3c(F)cccc3F)C2)c(C)c1=O. The third kappa shape index (κ3) is 4.21. The van der Waals surface area contributed by atoms with Crippen LogP contribution in [0.3, 0.4) is 0 Å². The zero-order valence-corrected chi connectivity index (χ0v) is 15.4. The molecule has 26 heavy (non-hydrogen) atoms. The smallest absolute Gasteiger partial charge is 0.187 e. The number of H-pyrrole nitrogens is 1. The molecule has 1 fully saturated rings. The number of nitrogens with one attached hydrogen (secondary N) is 1. The van der Waals surface area contributed by atoms with Crippen LogP contribution in [0, 0.1) is 31.4 Å². The molecule has 0 saturated carbocycles. The third-order valence-electron chi connectivity index (χ3n) is 5.46. The molecule has 0 radical (unpaired) electrons. The summed E-state index contributed by atoms with van der Waals surface area (Å²) in [5.41, 5.74) is 2.77. The lowest BCUT2D eigenvalue weighted by molar-refractivity contribution is 0.159. The number of nitrogens with zero attached hydrogens (tertiary/aromatic N) is 1. The van der Waals surface area contributed by atoms with Gasteiger partial charge in [-0.1, -0.05) is 6.07 Å². The van der Waals surface area contributed by atoms with E-state index in [-0.39, 0.29) is 11.0 Å². The summed E-state index contributed by atoms with van der Waals surface area (Å²) in [6, 6.07) is 4.05. The van der Waals surface area contributed by atoms with E-state index in [9.17, 15) is 13.6 Å². The van der Waals surface area contributed by atoms with Gasteiger partial charge < -0.3 is 4.98 Å². The summed E-state index contributed by atoms with van der Waals surface area (Å²) in [7, 11) is 0. The van der Waals surface area contributed by atoms with Crippen molar-refractivity contribution in [1.29, 1.82) is 0 Å². The second kappa shape index (κ2) is 8.12. The zero-order chi connectivity index (χ0) is 18.7. The molecule has 0 spiro atoms. The highest BCUT2D eigenvalue weighted by Gasteiger charge is 2.22. The van der Waals surface area contributed by atoms with Gasteiger partial charge in [0.2, 0.25) is 0 Å². The Morgan fingerprint density at radius 2 is 1.96 bits per heavy atom. The van der Waals surface area contributed by atoms with E-state index < -0.39 is 11.6 Å². The fourth-order valence-electron chi connectivity index (χ4n) is 3.84. The Balaban J connectivity index is 1.61. The van der Waals surface area contributed by atoms with Crippen LogP contribution in [0.2, 0.25) is 0 Å². The summed E-state index contributed by atoms with van der Waals surface area (Å²) < 4.78 is 27.6. The van der Waals surface area contributed by atoms with Crippen molar-refractivity contribution in [2.75, 3.05) is 13.1 Å². The molecule has 2 aromatic rings. The zero-order valence-electron chi connectivity index (χ0n) is 15.4. The fourth-order valence-corrected chi connectivity index (χ4v) is 3.84. The van der Waals surface area contributed by atoms with Crippen LogP contribution in [0.5, 0.6) is 0 Å². The number of aromatic nitrogens is 1. The van der Waals surface area contributed by atoms with E-state index in [0.717, 1.165) is 49.2 Å². The van der Waals surface area contributed by atoms with Gasteiger partial charge in [-0.25, -0.2) is 8.78 Å². The number of hydrogen-bond acceptors (Lipinski definition) is 2. The lowest BCUT2D eigenvalue weighted by atomic mass is 9.91. The predicted octanol–water partition coefficient (Wildman–Crippen LogP) is 4.11. The van der Waals surface area contributed by atoms with Crippen LogP contribution >= 0.6 is 0 Å². The molecule has 2 heterocycles. The van der Waals surface area contributed by atoms with Crippen molar-refractivity contribution in [3.05, 3.63) is 68.6 Å². The second-order valence-electron chi connectivity index (χ2n) is 7.39. The lowest BCUT2D eigenvalue weighted by Crippen LogP contribution is -2.36. The molecule has 0 aliphatic carbocycles. The number of aryl methyl sites for hydroxylation is 1. The summed E-state index contributed by atoms with van der Waals surface area (Å²) >= 11 is 0. The van der Waals surface area contributed by atoms with E-state index in [1.54, 1.807) is 6.20 Å². The number of pyridine rings is 1. The van der Waals surface area contributed by atoms with Gasteiger partial charge in [0.25, 0.3) is 0 Å². The normalized spacial score (nSPS) is 18.2. The maximum absolute atomic E-state index is 13.8. The van der Waals surface area contributed by atoms with Gasteiger partial charge in [0.05, 0.1) is 0 Å². The van der Waals surface area contributed by atoms with Crippen LogP contribution in [0.4, 0.5) is 8.78 Å². The Hall–Kier alpha value is -2.01. The lowest BCUT2D eigenvalue weighted by Gasteiger charge is -2.33. The van der Waals surface area contributed by atoms with Crippen LogP contribution in [0.25, 0.3) is 0 Å². The first-order valence-electron chi connectivity index (χ1n) is 9.28. The van der Waals surface area contributed by atoms with Crippen molar-refractivity contribution < 1.29 is 8.78 Å². The first-order chi connectivity index (χ1) is 12.5. The van der Waals surface area contributed by atoms with Gasteiger partial charge in [0.1, 0.15) is 11.6 Å². The molecule has 3 rings (SSSR count).